The van der Waals surface area contributed by atoms with Gasteiger partial charge in [0, 0.05) is 6.42 Å². The standard InChI is InChI=1S/C63H103NO5/c1-4-7-10-13-16-19-22-25-28-31-33-36-39-42-45-48-51-54-59(69-63(68)56-53-50-47-44-41-38-35-32-29-26-23-20-17-14-11-8-5-2)57-62(67)64-60(58-65)61(66)55-52-49-46-43-40-37-34-30-27-24-21-18-15-12-9-6-3/h7-8,10-11,14,16-17,19-20,23,25-26,28-29,32-33,35-36,38,41-42,45,59-61,65-66H,4-6,9,12-13,15,18,21-22,24,27,30-31,34,37,39-40,43-44,46-58H2,1-3H3,(H,64,67)/b10-7-,11-8-,17-14+,19-16-,23-20+,28-25-,29-26-,35-32+,36-33-,41-38+,45-42-. The van der Waals surface area contributed by atoms with Crippen LogP contribution in [0.3, 0.4) is 0 Å². The molecule has 0 aromatic heterocycles. The molecule has 0 spiro atoms. The summed E-state index contributed by atoms with van der Waals surface area (Å²) in [5.41, 5.74) is 0. The highest BCUT2D eigenvalue weighted by atomic mass is 16.5. The lowest BCUT2D eigenvalue weighted by atomic mass is 10.0. The molecule has 0 rings (SSSR count). The van der Waals surface area contributed by atoms with Crippen LogP contribution >= 0.6 is 0 Å². The van der Waals surface area contributed by atoms with Crippen LogP contribution in [-0.2, 0) is 14.3 Å². The first kappa shape index (κ1) is 65.0. The number of rotatable bonds is 48. The molecule has 3 atom stereocenters. The summed E-state index contributed by atoms with van der Waals surface area (Å²) in [5.74, 6) is -0.592. The Hall–Kier alpha value is -4.00. The lowest BCUT2D eigenvalue weighted by Crippen LogP contribution is -2.46. The van der Waals surface area contributed by atoms with Gasteiger partial charge in [0.2, 0.25) is 5.91 Å². The van der Waals surface area contributed by atoms with Crippen LogP contribution in [0.4, 0.5) is 0 Å². The Labute approximate surface area is 424 Å². The lowest BCUT2D eigenvalue weighted by molar-refractivity contribution is -0.151. The average molecular weight is 955 g/mol. The van der Waals surface area contributed by atoms with Gasteiger partial charge in [-0.15, -0.1) is 0 Å². The van der Waals surface area contributed by atoms with Crippen molar-refractivity contribution < 1.29 is 24.5 Å². The van der Waals surface area contributed by atoms with Crippen LogP contribution in [-0.4, -0.2) is 46.9 Å². The first-order valence-electron chi connectivity index (χ1n) is 28.0. The number of aliphatic hydroxyl groups is 2. The summed E-state index contributed by atoms with van der Waals surface area (Å²) in [6.07, 6.45) is 78.0. The molecule has 6 heteroatoms. The predicted octanol–water partition coefficient (Wildman–Crippen LogP) is 17.4. The topological polar surface area (TPSA) is 95.9 Å². The normalized spacial score (nSPS) is 14.2. The Kier molecular flexibility index (Phi) is 51.7. The van der Waals surface area contributed by atoms with Gasteiger partial charge < -0.3 is 20.3 Å². The summed E-state index contributed by atoms with van der Waals surface area (Å²) in [4.78, 5) is 26.2. The zero-order chi connectivity index (χ0) is 50.2. The molecule has 1 amide bonds. The van der Waals surface area contributed by atoms with Crippen LogP contribution in [0.15, 0.2) is 134 Å². The van der Waals surface area contributed by atoms with Gasteiger partial charge in [0.1, 0.15) is 6.10 Å². The van der Waals surface area contributed by atoms with Crippen molar-refractivity contribution in [3.63, 3.8) is 0 Å². The minimum atomic E-state index is -0.821. The molecule has 0 aliphatic carbocycles. The number of nitrogens with one attached hydrogen (secondary N) is 1. The van der Waals surface area contributed by atoms with Crippen molar-refractivity contribution in [2.45, 2.75) is 244 Å². The summed E-state index contributed by atoms with van der Waals surface area (Å²) >= 11 is 0. The van der Waals surface area contributed by atoms with Gasteiger partial charge in [-0.25, -0.2) is 0 Å². The van der Waals surface area contributed by atoms with E-state index in [1.54, 1.807) is 0 Å². The Balaban J connectivity index is 4.78. The van der Waals surface area contributed by atoms with Gasteiger partial charge in [-0.2, -0.15) is 0 Å². The first-order chi connectivity index (χ1) is 34.0. The summed E-state index contributed by atoms with van der Waals surface area (Å²) in [6.45, 7) is 6.20. The van der Waals surface area contributed by atoms with E-state index < -0.39 is 18.2 Å². The van der Waals surface area contributed by atoms with Crippen molar-refractivity contribution in [2.75, 3.05) is 6.61 Å². The van der Waals surface area contributed by atoms with E-state index >= 15 is 0 Å². The number of hydrogen-bond acceptors (Lipinski definition) is 5. The van der Waals surface area contributed by atoms with Gasteiger partial charge in [0.05, 0.1) is 25.2 Å². The fourth-order valence-electron chi connectivity index (χ4n) is 7.73. The molecule has 6 nitrogen and oxygen atoms in total. The minimum Gasteiger partial charge on any atom is -0.462 e. The Morgan fingerprint density at radius 3 is 1.36 bits per heavy atom. The lowest BCUT2D eigenvalue weighted by Gasteiger charge is -2.24. The second-order valence-corrected chi connectivity index (χ2v) is 18.4. The van der Waals surface area contributed by atoms with Crippen LogP contribution in [0.1, 0.15) is 226 Å². The minimum absolute atomic E-state index is 0.0111. The number of carbonyl (C=O) groups excluding carboxylic acids is 2. The second kappa shape index (κ2) is 54.9. The molecule has 69 heavy (non-hydrogen) atoms. The van der Waals surface area contributed by atoms with Crippen LogP contribution in [0.25, 0.3) is 0 Å². The first-order valence-corrected chi connectivity index (χ1v) is 28.0. The highest BCUT2D eigenvalue weighted by molar-refractivity contribution is 5.77. The molecule has 0 bridgehead atoms. The van der Waals surface area contributed by atoms with Crippen LogP contribution in [0.5, 0.6) is 0 Å². The van der Waals surface area contributed by atoms with Crippen molar-refractivity contribution in [3.8, 4) is 0 Å². The molecule has 0 aliphatic rings. The van der Waals surface area contributed by atoms with Crippen molar-refractivity contribution in [1.29, 1.82) is 0 Å². The van der Waals surface area contributed by atoms with Crippen molar-refractivity contribution in [3.05, 3.63) is 134 Å². The summed E-state index contributed by atoms with van der Waals surface area (Å²) in [6, 6.07) is -0.741. The van der Waals surface area contributed by atoms with Crippen LogP contribution in [0.2, 0.25) is 0 Å². The summed E-state index contributed by atoms with van der Waals surface area (Å²) in [5, 5.41) is 23.9. The maximum atomic E-state index is 13.3. The molecular weight excluding hydrogens is 851 g/mol. The molecule has 0 saturated carbocycles. The third kappa shape index (κ3) is 50.2. The fourth-order valence-corrected chi connectivity index (χ4v) is 7.73. The van der Waals surface area contributed by atoms with Crippen molar-refractivity contribution in [2.24, 2.45) is 0 Å². The van der Waals surface area contributed by atoms with Gasteiger partial charge in [-0.05, 0) is 83.5 Å². The number of aliphatic hydroxyl groups excluding tert-OH is 2. The maximum Gasteiger partial charge on any atom is 0.306 e. The van der Waals surface area contributed by atoms with Gasteiger partial charge in [0.25, 0.3) is 0 Å². The molecule has 0 fully saturated rings. The fraction of sp³-hybridized carbons (Fsp3) is 0.619. The van der Waals surface area contributed by atoms with E-state index in [1.165, 1.54) is 83.5 Å². The average Bonchev–Trinajstić information content (AvgIpc) is 3.34. The van der Waals surface area contributed by atoms with E-state index in [1.807, 2.05) is 54.7 Å². The molecule has 0 aromatic carbocycles. The Bertz CT molecular complexity index is 1490. The number of amides is 1. The van der Waals surface area contributed by atoms with Crippen LogP contribution < -0.4 is 5.32 Å². The SMILES string of the molecule is CC\C=C/C=C/C=C/C=C\C=C\C=C\CCCCCC(=O)OC(CCC/C=C\C/C=C\C/C=C\C/C=C\C/C=C\CC)CC(=O)NC(CO)C(O)CCCCCCCCCCCCCCCCCC. The smallest absolute Gasteiger partial charge is 0.306 e. The van der Waals surface area contributed by atoms with E-state index in [0.29, 0.717) is 19.3 Å². The molecule has 0 saturated heterocycles. The third-order valence-corrected chi connectivity index (χ3v) is 11.9. The van der Waals surface area contributed by atoms with Gasteiger partial charge in [-0.1, -0.05) is 264 Å². The quantitative estimate of drug-likeness (QED) is 0.0244. The van der Waals surface area contributed by atoms with E-state index in [2.05, 4.69) is 105 Å². The van der Waals surface area contributed by atoms with E-state index in [-0.39, 0.29) is 24.9 Å². The van der Waals surface area contributed by atoms with Gasteiger partial charge in [-0.3, -0.25) is 9.59 Å². The largest absolute Gasteiger partial charge is 0.462 e. The van der Waals surface area contributed by atoms with Gasteiger partial charge in [0.15, 0.2) is 0 Å². The van der Waals surface area contributed by atoms with Crippen molar-refractivity contribution >= 4 is 11.9 Å². The number of allylic oxidation sites excluding steroid dienone is 22. The monoisotopic (exact) mass is 954 g/mol. The summed E-state index contributed by atoms with van der Waals surface area (Å²) < 4.78 is 5.90. The molecule has 0 aliphatic heterocycles. The highest BCUT2D eigenvalue weighted by Gasteiger charge is 2.24. The Morgan fingerprint density at radius 1 is 0.449 bits per heavy atom. The van der Waals surface area contributed by atoms with E-state index in [4.69, 9.17) is 4.74 Å². The zero-order valence-corrected chi connectivity index (χ0v) is 44.4. The number of esters is 1. The third-order valence-electron chi connectivity index (χ3n) is 11.9. The molecular formula is C63H103NO5. The van der Waals surface area contributed by atoms with Gasteiger partial charge >= 0.3 is 5.97 Å². The number of ether oxygens (including phenoxy) is 1. The molecule has 0 radical (unpaired) electrons. The highest BCUT2D eigenvalue weighted by Crippen LogP contribution is 2.17. The summed E-state index contributed by atoms with van der Waals surface area (Å²) in [7, 11) is 0. The number of hydrogen-bond donors (Lipinski definition) is 3. The van der Waals surface area contributed by atoms with Crippen molar-refractivity contribution in [1.82, 2.24) is 5.32 Å². The predicted molar refractivity (Wildman–Crippen MR) is 300 cm³/mol. The van der Waals surface area contributed by atoms with E-state index in [0.717, 1.165) is 96.3 Å². The molecule has 390 valence electrons. The molecule has 3 unspecified atom stereocenters. The molecule has 0 heterocycles. The van der Waals surface area contributed by atoms with E-state index in [9.17, 15) is 19.8 Å². The second-order valence-electron chi connectivity index (χ2n) is 18.4. The number of unbranched alkanes of at least 4 members (excludes halogenated alkanes) is 19. The maximum absolute atomic E-state index is 13.3. The zero-order valence-electron chi connectivity index (χ0n) is 44.4. The number of carbonyl (C=O) groups is 2. The Morgan fingerprint density at radius 2 is 0.870 bits per heavy atom. The van der Waals surface area contributed by atoms with Crippen LogP contribution in [0, 0.1) is 0 Å². The molecule has 3 N–H and O–H groups in total. The molecule has 0 aromatic rings.